The smallest absolute Gasteiger partial charge is 0.251 e. The molecule has 1 N–H and O–H groups in total. The summed E-state index contributed by atoms with van der Waals surface area (Å²) in [5.41, 5.74) is 3.02. The molecule has 0 atom stereocenters. The molecule has 0 aliphatic carbocycles. The van der Waals surface area contributed by atoms with Gasteiger partial charge in [-0.25, -0.2) is 0 Å². The van der Waals surface area contributed by atoms with E-state index in [0.717, 1.165) is 28.3 Å². The quantitative estimate of drug-likeness (QED) is 0.745. The van der Waals surface area contributed by atoms with Crippen LogP contribution in [-0.2, 0) is 6.54 Å². The molecular weight excluding hydrogens is 326 g/mol. The third kappa shape index (κ3) is 3.46. The average molecular weight is 343 g/mol. The number of ether oxygens (including phenoxy) is 2. The summed E-state index contributed by atoms with van der Waals surface area (Å²) in [6.45, 7) is 2.89. The third-order valence-corrected chi connectivity index (χ3v) is 4.05. The lowest BCUT2D eigenvalue weighted by Crippen LogP contribution is -2.22. The first-order valence-electron chi connectivity index (χ1n) is 7.51. The normalized spacial score (nSPS) is 10.6. The lowest BCUT2D eigenvalue weighted by atomic mass is 10.1. The van der Waals surface area contributed by atoms with Gasteiger partial charge in [-0.2, -0.15) is 8.75 Å². The summed E-state index contributed by atoms with van der Waals surface area (Å²) in [6.07, 6.45) is 0. The van der Waals surface area contributed by atoms with Crippen LogP contribution in [-0.4, -0.2) is 28.4 Å². The number of hydrogen-bond acceptors (Lipinski definition) is 6. The maximum Gasteiger partial charge on any atom is 0.251 e. The lowest BCUT2D eigenvalue weighted by molar-refractivity contribution is 0.0951. The second kappa shape index (κ2) is 7.27. The zero-order valence-corrected chi connectivity index (χ0v) is 14.2. The van der Waals surface area contributed by atoms with Crippen LogP contribution < -0.4 is 14.8 Å². The number of hydrogen-bond donors (Lipinski definition) is 1. The number of fused-ring (bicyclic) bond motifs is 1. The number of nitrogens with zero attached hydrogens (tertiary/aromatic N) is 2. The van der Waals surface area contributed by atoms with Gasteiger partial charge in [-0.3, -0.25) is 4.79 Å². The summed E-state index contributed by atoms with van der Waals surface area (Å²) in [5, 5.41) is 2.89. The number of carbonyl (C=O) groups is 1. The topological polar surface area (TPSA) is 73.3 Å². The van der Waals surface area contributed by atoms with Gasteiger partial charge in [-0.1, -0.05) is 6.07 Å². The van der Waals surface area contributed by atoms with Crippen LogP contribution in [0.15, 0.2) is 36.4 Å². The fraction of sp³-hybridized carbons (Fsp3) is 0.235. The Bertz CT molecular complexity index is 863. The molecule has 0 fully saturated rings. The van der Waals surface area contributed by atoms with Crippen molar-refractivity contribution in [1.29, 1.82) is 0 Å². The van der Waals surface area contributed by atoms with E-state index in [9.17, 15) is 4.79 Å². The first kappa shape index (κ1) is 16.2. The molecular formula is C17H17N3O3S. The average Bonchev–Trinajstić information content (AvgIpc) is 3.08. The minimum Gasteiger partial charge on any atom is -0.493 e. The van der Waals surface area contributed by atoms with E-state index >= 15 is 0 Å². The van der Waals surface area contributed by atoms with Crippen LogP contribution in [0, 0.1) is 0 Å². The van der Waals surface area contributed by atoms with Gasteiger partial charge in [0.1, 0.15) is 11.0 Å². The van der Waals surface area contributed by atoms with Crippen LogP contribution in [0.5, 0.6) is 11.5 Å². The highest BCUT2D eigenvalue weighted by molar-refractivity contribution is 7.00. The van der Waals surface area contributed by atoms with Crippen molar-refractivity contribution in [2.75, 3.05) is 13.7 Å². The molecule has 124 valence electrons. The van der Waals surface area contributed by atoms with E-state index in [1.807, 2.05) is 25.1 Å². The molecule has 3 aromatic rings. The summed E-state index contributed by atoms with van der Waals surface area (Å²) >= 11 is 1.14. The van der Waals surface area contributed by atoms with Crippen molar-refractivity contribution < 1.29 is 14.3 Å². The molecule has 0 aliphatic rings. The second-order valence-corrected chi connectivity index (χ2v) is 5.60. The molecule has 1 heterocycles. The lowest BCUT2D eigenvalue weighted by Gasteiger charge is -2.11. The molecule has 2 aromatic carbocycles. The largest absolute Gasteiger partial charge is 0.493 e. The molecule has 7 heteroatoms. The predicted molar refractivity (Wildman–Crippen MR) is 92.7 cm³/mol. The summed E-state index contributed by atoms with van der Waals surface area (Å²) in [7, 11) is 1.59. The highest BCUT2D eigenvalue weighted by Crippen LogP contribution is 2.28. The van der Waals surface area contributed by atoms with Crippen LogP contribution in [0.2, 0.25) is 0 Å². The first-order valence-corrected chi connectivity index (χ1v) is 8.24. The van der Waals surface area contributed by atoms with Crippen LogP contribution in [0.4, 0.5) is 0 Å². The molecule has 24 heavy (non-hydrogen) atoms. The van der Waals surface area contributed by atoms with Crippen LogP contribution >= 0.6 is 11.7 Å². The minimum atomic E-state index is -0.155. The van der Waals surface area contributed by atoms with Gasteiger partial charge in [0.15, 0.2) is 11.5 Å². The van der Waals surface area contributed by atoms with Crippen molar-refractivity contribution in [2.45, 2.75) is 13.5 Å². The van der Waals surface area contributed by atoms with E-state index in [1.54, 1.807) is 25.3 Å². The minimum absolute atomic E-state index is 0.155. The zero-order valence-electron chi connectivity index (χ0n) is 13.4. The van der Waals surface area contributed by atoms with E-state index in [-0.39, 0.29) is 5.91 Å². The Morgan fingerprint density at radius 3 is 2.75 bits per heavy atom. The van der Waals surface area contributed by atoms with Crippen LogP contribution in [0.1, 0.15) is 22.8 Å². The number of amides is 1. The van der Waals surface area contributed by atoms with Crippen molar-refractivity contribution in [3.8, 4) is 11.5 Å². The van der Waals surface area contributed by atoms with Gasteiger partial charge in [0.25, 0.3) is 5.91 Å². The fourth-order valence-corrected chi connectivity index (χ4v) is 2.82. The molecule has 0 bridgehead atoms. The van der Waals surface area contributed by atoms with Gasteiger partial charge >= 0.3 is 0 Å². The van der Waals surface area contributed by atoms with Crippen LogP contribution in [0.25, 0.3) is 11.0 Å². The molecule has 6 nitrogen and oxygen atoms in total. The van der Waals surface area contributed by atoms with Crippen LogP contribution in [0.3, 0.4) is 0 Å². The monoisotopic (exact) mass is 343 g/mol. The second-order valence-electron chi connectivity index (χ2n) is 5.07. The maximum absolute atomic E-state index is 12.3. The Kier molecular flexibility index (Phi) is 4.90. The molecule has 0 spiro atoms. The third-order valence-electron chi connectivity index (χ3n) is 3.50. The highest BCUT2D eigenvalue weighted by Gasteiger charge is 2.10. The van der Waals surface area contributed by atoms with Crippen molar-refractivity contribution in [2.24, 2.45) is 0 Å². The maximum atomic E-state index is 12.3. The number of methoxy groups -OCH3 is 1. The molecule has 0 saturated heterocycles. The molecule has 0 unspecified atom stereocenters. The predicted octanol–water partition coefficient (Wildman–Crippen LogP) is 3.03. The summed E-state index contributed by atoms with van der Waals surface area (Å²) < 4.78 is 19.1. The Balaban J connectivity index is 1.69. The number of benzene rings is 2. The van der Waals surface area contributed by atoms with Gasteiger partial charge < -0.3 is 14.8 Å². The Morgan fingerprint density at radius 2 is 1.96 bits per heavy atom. The van der Waals surface area contributed by atoms with Gasteiger partial charge in [0, 0.05) is 12.1 Å². The molecule has 0 aliphatic heterocycles. The molecule has 1 amide bonds. The summed E-state index contributed by atoms with van der Waals surface area (Å²) in [4.78, 5) is 12.3. The number of carbonyl (C=O) groups excluding carboxylic acids is 1. The van der Waals surface area contributed by atoms with Crippen molar-refractivity contribution in [3.05, 3.63) is 47.5 Å². The van der Waals surface area contributed by atoms with Crippen molar-refractivity contribution >= 4 is 28.7 Å². The standard InChI is InChI=1S/C17H17N3O3S/c1-3-23-15-7-4-11(8-16(15)22-2)10-18-17(21)12-5-6-13-14(9-12)20-24-19-13/h4-9H,3,10H2,1-2H3,(H,18,21). The molecule has 1 aromatic heterocycles. The molecule has 0 saturated carbocycles. The fourth-order valence-electron chi connectivity index (χ4n) is 2.30. The van der Waals surface area contributed by atoms with Crippen molar-refractivity contribution in [1.82, 2.24) is 14.1 Å². The van der Waals surface area contributed by atoms with E-state index in [0.29, 0.717) is 30.2 Å². The van der Waals surface area contributed by atoms with Gasteiger partial charge in [-0.05, 0) is 42.8 Å². The summed E-state index contributed by atoms with van der Waals surface area (Å²) in [6, 6.07) is 10.9. The Hall–Kier alpha value is -2.67. The van der Waals surface area contributed by atoms with Crippen molar-refractivity contribution in [3.63, 3.8) is 0 Å². The van der Waals surface area contributed by atoms with E-state index in [1.165, 1.54) is 0 Å². The number of nitrogens with one attached hydrogen (secondary N) is 1. The SMILES string of the molecule is CCOc1ccc(CNC(=O)c2ccc3nsnc3c2)cc1OC. The Labute approximate surface area is 143 Å². The van der Waals surface area contributed by atoms with Gasteiger partial charge in [0.2, 0.25) is 0 Å². The highest BCUT2D eigenvalue weighted by atomic mass is 32.1. The van der Waals surface area contributed by atoms with E-state index < -0.39 is 0 Å². The van der Waals surface area contributed by atoms with Gasteiger partial charge in [0.05, 0.1) is 25.4 Å². The van der Waals surface area contributed by atoms with E-state index in [2.05, 4.69) is 14.1 Å². The number of aromatic nitrogens is 2. The Morgan fingerprint density at radius 1 is 1.12 bits per heavy atom. The zero-order chi connectivity index (χ0) is 16.9. The molecule has 3 rings (SSSR count). The summed E-state index contributed by atoms with van der Waals surface area (Å²) in [5.74, 6) is 1.19. The van der Waals surface area contributed by atoms with Gasteiger partial charge in [-0.15, -0.1) is 0 Å². The molecule has 0 radical (unpaired) electrons. The number of rotatable bonds is 6. The van der Waals surface area contributed by atoms with E-state index in [4.69, 9.17) is 9.47 Å². The first-order chi connectivity index (χ1) is 11.7.